The molecule has 2 N–H and O–H groups in total. The summed E-state index contributed by atoms with van der Waals surface area (Å²) in [6, 6.07) is 8.34. The van der Waals surface area contributed by atoms with Crippen molar-refractivity contribution in [3.8, 4) is 0 Å². The maximum atomic E-state index is 12.0. The minimum absolute atomic E-state index is 0.408. The van der Waals surface area contributed by atoms with E-state index in [1.54, 1.807) is 28.6 Å². The van der Waals surface area contributed by atoms with Crippen LogP contribution in [0.15, 0.2) is 30.3 Å². The average Bonchev–Trinajstić information content (AvgIpc) is 2.82. The molecule has 1 aliphatic rings. The number of carbonyl (C=O) groups is 2. The number of nitrogens with zero attached hydrogens (tertiary/aromatic N) is 1. The Labute approximate surface area is 117 Å². The summed E-state index contributed by atoms with van der Waals surface area (Å²) in [5, 5.41) is 0. The molecule has 0 radical (unpaired) electrons. The average molecular weight is 280 g/mol. The fourth-order valence-electron chi connectivity index (χ4n) is 2.10. The van der Waals surface area contributed by atoms with Gasteiger partial charge in [-0.3, -0.25) is 9.59 Å². The second kappa shape index (κ2) is 6.08. The zero-order chi connectivity index (χ0) is 13.8. The molecule has 1 heterocycles. The van der Waals surface area contributed by atoms with E-state index in [-0.39, 0.29) is 0 Å². The number of benzene rings is 1. The quantitative estimate of drug-likeness (QED) is 0.639. The molecular formula is C13H16N2O3S. The van der Waals surface area contributed by atoms with Gasteiger partial charge in [0.15, 0.2) is 0 Å². The van der Waals surface area contributed by atoms with Crippen molar-refractivity contribution in [3.63, 3.8) is 0 Å². The van der Waals surface area contributed by atoms with Gasteiger partial charge in [-0.25, -0.2) is 4.31 Å². The lowest BCUT2D eigenvalue weighted by molar-refractivity contribution is -0.158. The summed E-state index contributed by atoms with van der Waals surface area (Å²) < 4.78 is 6.88. The number of hydrogen-bond donors (Lipinski definition) is 2. The molecule has 19 heavy (non-hydrogen) atoms. The van der Waals surface area contributed by atoms with Gasteiger partial charge in [0, 0.05) is 12.1 Å². The molecule has 6 heteroatoms. The first-order valence-corrected chi connectivity index (χ1v) is 6.50. The maximum absolute atomic E-state index is 12.0. The molecule has 1 saturated heterocycles. The third-order valence-electron chi connectivity index (χ3n) is 3.09. The molecule has 2 atom stereocenters. The normalized spacial score (nSPS) is 21.0. The Bertz CT molecular complexity index is 466. The zero-order valence-electron chi connectivity index (χ0n) is 10.4. The summed E-state index contributed by atoms with van der Waals surface area (Å²) in [7, 11) is 0. The van der Waals surface area contributed by atoms with Crippen LogP contribution >= 0.6 is 12.8 Å². The summed E-state index contributed by atoms with van der Waals surface area (Å²) in [6.45, 7) is 0.732. The minimum atomic E-state index is -1.05. The van der Waals surface area contributed by atoms with Crippen LogP contribution in [0.3, 0.4) is 0 Å². The molecule has 1 aromatic carbocycles. The largest absolute Gasteiger partial charge is 0.446 e. The first-order valence-electron chi connectivity index (χ1n) is 6.10. The van der Waals surface area contributed by atoms with Crippen molar-refractivity contribution < 1.29 is 14.3 Å². The lowest BCUT2D eigenvalue weighted by atomic mass is 10.1. The van der Waals surface area contributed by atoms with E-state index in [2.05, 4.69) is 12.8 Å². The molecule has 2 unspecified atom stereocenters. The van der Waals surface area contributed by atoms with E-state index in [0.29, 0.717) is 12.0 Å². The molecule has 0 saturated carbocycles. The molecule has 102 valence electrons. The fourth-order valence-corrected chi connectivity index (χ4v) is 2.46. The van der Waals surface area contributed by atoms with Crippen LogP contribution in [-0.4, -0.2) is 28.8 Å². The predicted octanol–water partition coefficient (Wildman–Crippen LogP) is 1.07. The highest BCUT2D eigenvalue weighted by Crippen LogP contribution is 2.24. The van der Waals surface area contributed by atoms with Gasteiger partial charge in [-0.2, -0.15) is 0 Å². The summed E-state index contributed by atoms with van der Waals surface area (Å²) in [5.41, 5.74) is 5.88. The summed E-state index contributed by atoms with van der Waals surface area (Å²) >= 11 is 4.20. The molecule has 0 aromatic heterocycles. The topological polar surface area (TPSA) is 72.6 Å². The second-order valence-electron chi connectivity index (χ2n) is 4.45. The van der Waals surface area contributed by atoms with Crippen LogP contribution in [0.2, 0.25) is 0 Å². The third-order valence-corrected chi connectivity index (χ3v) is 3.57. The van der Waals surface area contributed by atoms with Crippen LogP contribution in [0.1, 0.15) is 24.5 Å². The van der Waals surface area contributed by atoms with Gasteiger partial charge in [0.05, 0.1) is 0 Å². The molecule has 0 spiro atoms. The molecule has 1 aliphatic heterocycles. The summed E-state index contributed by atoms with van der Waals surface area (Å²) in [4.78, 5) is 23.5. The number of ether oxygens (including phenoxy) is 1. The molecule has 5 nitrogen and oxygen atoms in total. The summed E-state index contributed by atoms with van der Waals surface area (Å²) in [6.07, 6.45) is 0.523. The number of hydrogen-bond acceptors (Lipinski definition) is 5. The number of rotatable bonds is 4. The molecule has 2 rings (SSSR count). The Balaban J connectivity index is 2.09. The van der Waals surface area contributed by atoms with Crippen LogP contribution in [0.4, 0.5) is 0 Å². The van der Waals surface area contributed by atoms with Crippen LogP contribution in [-0.2, 0) is 14.3 Å². The van der Waals surface area contributed by atoms with E-state index < -0.39 is 24.0 Å². The lowest BCUT2D eigenvalue weighted by Gasteiger charge is -2.20. The van der Waals surface area contributed by atoms with Crippen molar-refractivity contribution in [1.29, 1.82) is 0 Å². The standard InChI is InChI=1S/C13H16N2O3S/c14-12(16)11(9-5-2-1-3-6-9)18-13(17)10-7-4-8-15(10)19/h1-3,5-6,10-11,19H,4,7-8H2,(H2,14,16). The van der Waals surface area contributed by atoms with Gasteiger partial charge in [-0.05, 0) is 12.8 Å². The fraction of sp³-hybridized carbons (Fsp3) is 0.385. The van der Waals surface area contributed by atoms with E-state index in [1.807, 2.05) is 6.07 Å². The van der Waals surface area contributed by atoms with Crippen molar-refractivity contribution in [3.05, 3.63) is 35.9 Å². The molecule has 0 bridgehead atoms. The Morgan fingerprint density at radius 3 is 2.58 bits per heavy atom. The van der Waals surface area contributed by atoms with Gasteiger partial charge in [0.2, 0.25) is 6.10 Å². The minimum Gasteiger partial charge on any atom is -0.446 e. The zero-order valence-corrected chi connectivity index (χ0v) is 11.3. The van der Waals surface area contributed by atoms with Gasteiger partial charge in [0.1, 0.15) is 6.04 Å². The van der Waals surface area contributed by atoms with E-state index in [9.17, 15) is 9.59 Å². The van der Waals surface area contributed by atoms with E-state index in [4.69, 9.17) is 10.5 Å². The van der Waals surface area contributed by atoms with E-state index in [0.717, 1.165) is 13.0 Å². The Kier molecular flexibility index (Phi) is 4.44. The Morgan fingerprint density at radius 2 is 2.05 bits per heavy atom. The van der Waals surface area contributed by atoms with Crippen LogP contribution in [0.25, 0.3) is 0 Å². The van der Waals surface area contributed by atoms with Crippen molar-refractivity contribution >= 4 is 24.7 Å². The number of esters is 1. The lowest BCUT2D eigenvalue weighted by Crippen LogP contribution is -2.35. The maximum Gasteiger partial charge on any atom is 0.325 e. The number of amides is 1. The number of carbonyl (C=O) groups excluding carboxylic acids is 2. The van der Waals surface area contributed by atoms with Crippen molar-refractivity contribution in [2.75, 3.05) is 6.54 Å². The van der Waals surface area contributed by atoms with Crippen LogP contribution in [0, 0.1) is 0 Å². The first kappa shape index (κ1) is 13.9. The van der Waals surface area contributed by atoms with Crippen molar-refractivity contribution in [1.82, 2.24) is 4.31 Å². The second-order valence-corrected chi connectivity index (χ2v) is 4.96. The highest BCUT2D eigenvalue weighted by Gasteiger charge is 2.33. The highest BCUT2D eigenvalue weighted by atomic mass is 32.1. The predicted molar refractivity (Wildman–Crippen MR) is 73.2 cm³/mol. The molecular weight excluding hydrogens is 264 g/mol. The number of thiol groups is 1. The SMILES string of the molecule is NC(=O)C(OC(=O)C1CCCN1S)c1ccccc1. The van der Waals surface area contributed by atoms with Gasteiger partial charge in [-0.1, -0.05) is 43.1 Å². The van der Waals surface area contributed by atoms with Gasteiger partial charge in [0.25, 0.3) is 5.91 Å². The smallest absolute Gasteiger partial charge is 0.325 e. The Hall–Kier alpha value is -1.53. The Morgan fingerprint density at radius 1 is 1.37 bits per heavy atom. The number of primary amides is 1. The van der Waals surface area contributed by atoms with Gasteiger partial charge in [-0.15, -0.1) is 0 Å². The molecule has 1 amide bonds. The molecule has 1 fully saturated rings. The molecule has 1 aromatic rings. The monoisotopic (exact) mass is 280 g/mol. The van der Waals surface area contributed by atoms with Gasteiger partial charge >= 0.3 is 5.97 Å². The van der Waals surface area contributed by atoms with Crippen LogP contribution < -0.4 is 5.73 Å². The van der Waals surface area contributed by atoms with Crippen molar-refractivity contribution in [2.45, 2.75) is 25.0 Å². The number of nitrogens with two attached hydrogens (primary N) is 1. The van der Waals surface area contributed by atoms with Crippen molar-refractivity contribution in [2.24, 2.45) is 5.73 Å². The van der Waals surface area contributed by atoms with E-state index >= 15 is 0 Å². The van der Waals surface area contributed by atoms with Gasteiger partial charge < -0.3 is 10.5 Å². The third kappa shape index (κ3) is 3.27. The first-order chi connectivity index (χ1) is 9.09. The highest BCUT2D eigenvalue weighted by molar-refractivity contribution is 7.77. The summed E-state index contributed by atoms with van der Waals surface area (Å²) in [5.74, 6) is -1.14. The van der Waals surface area contributed by atoms with E-state index in [1.165, 1.54) is 0 Å². The van der Waals surface area contributed by atoms with Crippen LogP contribution in [0.5, 0.6) is 0 Å². The molecule has 0 aliphatic carbocycles.